The predicted molar refractivity (Wildman–Crippen MR) is 110 cm³/mol. The second-order valence-corrected chi connectivity index (χ2v) is 7.41. The fraction of sp³-hybridized carbons (Fsp3) is 0.391. The first-order chi connectivity index (χ1) is 14.2. The molecule has 1 aliphatic heterocycles. The van der Waals surface area contributed by atoms with Gasteiger partial charge in [0.05, 0.1) is 24.8 Å². The van der Waals surface area contributed by atoms with Crippen LogP contribution in [0.15, 0.2) is 59.1 Å². The van der Waals surface area contributed by atoms with Crippen molar-refractivity contribution < 1.29 is 14.4 Å². The quantitative estimate of drug-likeness (QED) is 0.652. The molecule has 1 atom stereocenters. The molecule has 4 rings (SSSR count). The van der Waals surface area contributed by atoms with Crippen LogP contribution in [0.2, 0.25) is 0 Å². The molecule has 0 bridgehead atoms. The van der Waals surface area contributed by atoms with Gasteiger partial charge in [0.1, 0.15) is 5.75 Å². The number of aromatic nitrogens is 2. The highest BCUT2D eigenvalue weighted by atomic mass is 16.5. The van der Waals surface area contributed by atoms with Gasteiger partial charge >= 0.3 is 0 Å². The number of rotatable bonds is 7. The number of aliphatic hydroxyl groups is 1. The molecule has 2 heterocycles. The molecule has 0 aliphatic carbocycles. The molecular weight excluding hydrogens is 366 g/mol. The van der Waals surface area contributed by atoms with Gasteiger partial charge in [-0.25, -0.2) is 0 Å². The van der Waals surface area contributed by atoms with Crippen molar-refractivity contribution in [1.82, 2.24) is 15.0 Å². The van der Waals surface area contributed by atoms with E-state index in [1.165, 1.54) is 0 Å². The van der Waals surface area contributed by atoms with Crippen molar-refractivity contribution in [3.05, 3.63) is 66.1 Å². The number of hydrogen-bond donors (Lipinski definition) is 1. The second kappa shape index (κ2) is 9.20. The first kappa shape index (κ1) is 19.6. The van der Waals surface area contributed by atoms with Crippen LogP contribution in [0.1, 0.15) is 37.3 Å². The minimum absolute atomic E-state index is 0.282. The molecule has 0 saturated carbocycles. The zero-order valence-electron chi connectivity index (χ0n) is 16.7. The van der Waals surface area contributed by atoms with E-state index in [4.69, 9.17) is 9.26 Å². The third-order valence-corrected chi connectivity index (χ3v) is 5.47. The fourth-order valence-electron chi connectivity index (χ4n) is 3.90. The summed E-state index contributed by atoms with van der Waals surface area (Å²) in [4.78, 5) is 6.88. The Morgan fingerprint density at radius 2 is 1.83 bits per heavy atom. The Balaban J connectivity index is 1.35. The maximum Gasteiger partial charge on any atom is 0.241 e. The van der Waals surface area contributed by atoms with Crippen LogP contribution >= 0.6 is 0 Å². The zero-order valence-corrected chi connectivity index (χ0v) is 16.7. The SMILES string of the molecule is CCOc1ccccc1-c1noc(CN2CCC([C@H](O)c3ccccc3)CC2)n1. The van der Waals surface area contributed by atoms with Gasteiger partial charge in [-0.05, 0) is 56.5 Å². The smallest absolute Gasteiger partial charge is 0.241 e. The summed E-state index contributed by atoms with van der Waals surface area (Å²) in [5, 5.41) is 14.8. The lowest BCUT2D eigenvalue weighted by Crippen LogP contribution is -2.35. The highest BCUT2D eigenvalue weighted by Crippen LogP contribution is 2.31. The van der Waals surface area contributed by atoms with Crippen molar-refractivity contribution >= 4 is 0 Å². The number of nitrogens with zero attached hydrogens (tertiary/aromatic N) is 3. The Bertz CT molecular complexity index is 904. The van der Waals surface area contributed by atoms with E-state index in [1.54, 1.807) is 0 Å². The maximum absolute atomic E-state index is 10.6. The number of benzene rings is 2. The molecule has 6 nitrogen and oxygen atoms in total. The Hall–Kier alpha value is -2.70. The highest BCUT2D eigenvalue weighted by molar-refractivity contribution is 5.63. The largest absolute Gasteiger partial charge is 0.493 e. The van der Waals surface area contributed by atoms with Crippen LogP contribution in [-0.4, -0.2) is 39.8 Å². The van der Waals surface area contributed by atoms with Gasteiger partial charge in [0, 0.05) is 0 Å². The molecule has 1 aromatic heterocycles. The third-order valence-electron chi connectivity index (χ3n) is 5.47. The molecule has 1 aliphatic rings. The zero-order chi connectivity index (χ0) is 20.1. The van der Waals surface area contributed by atoms with Crippen molar-refractivity contribution in [2.75, 3.05) is 19.7 Å². The van der Waals surface area contributed by atoms with Gasteiger partial charge in [0.2, 0.25) is 11.7 Å². The fourth-order valence-corrected chi connectivity index (χ4v) is 3.90. The topological polar surface area (TPSA) is 71.6 Å². The lowest BCUT2D eigenvalue weighted by Gasteiger charge is -2.33. The van der Waals surface area contributed by atoms with Gasteiger partial charge < -0.3 is 14.4 Å². The van der Waals surface area contributed by atoms with Gasteiger partial charge in [0.25, 0.3) is 0 Å². The molecule has 1 saturated heterocycles. The number of piperidine rings is 1. The summed E-state index contributed by atoms with van der Waals surface area (Å²) in [5.41, 5.74) is 1.84. The Labute approximate surface area is 171 Å². The van der Waals surface area contributed by atoms with E-state index < -0.39 is 6.10 Å². The van der Waals surface area contributed by atoms with E-state index in [1.807, 2.05) is 61.5 Å². The van der Waals surface area contributed by atoms with Crippen LogP contribution in [0.25, 0.3) is 11.4 Å². The van der Waals surface area contributed by atoms with Crippen molar-refractivity contribution in [2.24, 2.45) is 5.92 Å². The van der Waals surface area contributed by atoms with Crippen LogP contribution in [-0.2, 0) is 6.54 Å². The number of hydrogen-bond acceptors (Lipinski definition) is 6. The monoisotopic (exact) mass is 393 g/mol. The number of ether oxygens (including phenoxy) is 1. The van der Waals surface area contributed by atoms with Crippen LogP contribution in [0.4, 0.5) is 0 Å². The molecule has 2 aromatic carbocycles. The van der Waals surface area contributed by atoms with Gasteiger partial charge in [-0.1, -0.05) is 47.6 Å². The molecule has 3 aromatic rings. The van der Waals surface area contributed by atoms with Crippen molar-refractivity contribution in [2.45, 2.75) is 32.4 Å². The first-order valence-electron chi connectivity index (χ1n) is 10.2. The van der Waals surface area contributed by atoms with E-state index in [9.17, 15) is 5.11 Å². The molecule has 1 N–H and O–H groups in total. The summed E-state index contributed by atoms with van der Waals surface area (Å²) >= 11 is 0. The first-order valence-corrected chi connectivity index (χ1v) is 10.2. The summed E-state index contributed by atoms with van der Waals surface area (Å²) in [6.45, 7) is 4.98. The summed E-state index contributed by atoms with van der Waals surface area (Å²) in [6.07, 6.45) is 1.50. The molecule has 1 fully saturated rings. The normalized spacial score (nSPS) is 16.6. The summed E-state index contributed by atoms with van der Waals surface area (Å²) in [5.74, 6) is 2.20. The van der Waals surface area contributed by atoms with Gasteiger partial charge in [-0.3, -0.25) is 4.90 Å². The molecule has 29 heavy (non-hydrogen) atoms. The average Bonchev–Trinajstić information content (AvgIpc) is 3.23. The maximum atomic E-state index is 10.6. The lowest BCUT2D eigenvalue weighted by molar-refractivity contribution is 0.0538. The van der Waals surface area contributed by atoms with E-state index in [0.29, 0.717) is 24.9 Å². The van der Waals surface area contributed by atoms with Crippen LogP contribution < -0.4 is 4.74 Å². The highest BCUT2D eigenvalue weighted by Gasteiger charge is 2.27. The molecule has 152 valence electrons. The number of likely N-dealkylation sites (tertiary alicyclic amines) is 1. The van der Waals surface area contributed by atoms with E-state index in [0.717, 1.165) is 42.8 Å². The summed E-state index contributed by atoms with van der Waals surface area (Å²) < 4.78 is 11.2. The molecule has 0 unspecified atom stereocenters. The molecule has 0 radical (unpaired) electrons. The van der Waals surface area contributed by atoms with E-state index in [-0.39, 0.29) is 5.92 Å². The second-order valence-electron chi connectivity index (χ2n) is 7.41. The van der Waals surface area contributed by atoms with Crippen molar-refractivity contribution in [3.63, 3.8) is 0 Å². The minimum atomic E-state index is -0.400. The predicted octanol–water partition coefficient (Wildman–Crippen LogP) is 4.08. The Morgan fingerprint density at radius 3 is 2.59 bits per heavy atom. The van der Waals surface area contributed by atoms with Crippen LogP contribution in [0, 0.1) is 5.92 Å². The number of aliphatic hydroxyl groups excluding tert-OH is 1. The molecule has 0 amide bonds. The van der Waals surface area contributed by atoms with E-state index in [2.05, 4.69) is 15.0 Å². The summed E-state index contributed by atoms with van der Waals surface area (Å²) in [7, 11) is 0. The minimum Gasteiger partial charge on any atom is -0.493 e. The van der Waals surface area contributed by atoms with Gasteiger partial charge in [-0.15, -0.1) is 0 Å². The van der Waals surface area contributed by atoms with Gasteiger partial charge in [-0.2, -0.15) is 4.98 Å². The molecular formula is C23H27N3O3. The average molecular weight is 393 g/mol. The lowest BCUT2D eigenvalue weighted by atomic mass is 9.87. The molecule has 6 heteroatoms. The standard InChI is InChI=1S/C23H27N3O3/c1-2-28-20-11-7-6-10-19(20)23-24-21(29-25-23)16-26-14-12-18(13-15-26)22(27)17-8-4-3-5-9-17/h3-11,18,22,27H,2,12-16H2,1H3/t22-/m1/s1. The summed E-state index contributed by atoms with van der Waals surface area (Å²) in [6, 6.07) is 17.7. The van der Waals surface area contributed by atoms with Crippen LogP contribution in [0.5, 0.6) is 5.75 Å². The third kappa shape index (κ3) is 4.66. The van der Waals surface area contributed by atoms with Crippen molar-refractivity contribution in [1.29, 1.82) is 0 Å². The van der Waals surface area contributed by atoms with Crippen LogP contribution in [0.3, 0.4) is 0 Å². The van der Waals surface area contributed by atoms with Crippen molar-refractivity contribution in [3.8, 4) is 17.1 Å². The van der Waals surface area contributed by atoms with E-state index >= 15 is 0 Å². The number of para-hydroxylation sites is 1. The molecule has 0 spiro atoms. The van der Waals surface area contributed by atoms with Gasteiger partial charge in [0.15, 0.2) is 0 Å². The Morgan fingerprint density at radius 1 is 1.10 bits per heavy atom. The Kier molecular flexibility index (Phi) is 6.22.